The van der Waals surface area contributed by atoms with E-state index < -0.39 is 8.48 Å². The van der Waals surface area contributed by atoms with Crippen LogP contribution in [0.3, 0.4) is 0 Å². The van der Waals surface area contributed by atoms with Crippen LogP contribution in [0.2, 0.25) is 12.1 Å². The lowest BCUT2D eigenvalue weighted by Gasteiger charge is -2.35. The average molecular weight is 271 g/mol. The van der Waals surface area contributed by atoms with Crippen molar-refractivity contribution in [2.75, 3.05) is 52.9 Å². The van der Waals surface area contributed by atoms with Gasteiger partial charge in [-0.25, -0.2) is 0 Å². The second kappa shape index (κ2) is 6.48. The van der Waals surface area contributed by atoms with Crippen LogP contribution in [0.5, 0.6) is 0 Å². The zero-order chi connectivity index (χ0) is 13.0. The van der Waals surface area contributed by atoms with Gasteiger partial charge in [-0.2, -0.15) is 0 Å². The Balaban J connectivity index is 1.83. The van der Waals surface area contributed by atoms with Crippen molar-refractivity contribution in [3.05, 3.63) is 0 Å². The fraction of sp³-hybridized carbons (Fsp3) is 1.00. The molecule has 106 valence electrons. The van der Waals surface area contributed by atoms with Gasteiger partial charge in [-0.3, -0.25) is 0 Å². The highest BCUT2D eigenvalue weighted by molar-refractivity contribution is 6.71. The summed E-state index contributed by atoms with van der Waals surface area (Å²) >= 11 is 0. The van der Waals surface area contributed by atoms with Gasteiger partial charge in [0.2, 0.25) is 0 Å². The minimum absolute atomic E-state index is 0.817. The molecule has 0 amide bonds. The molecule has 2 rings (SSSR count). The highest BCUT2D eigenvalue weighted by Gasteiger charge is 2.47. The second-order valence-corrected chi connectivity index (χ2v) is 9.75. The first-order chi connectivity index (χ1) is 8.66. The lowest BCUT2D eigenvalue weighted by atomic mass is 10.2. The Hall–Kier alpha value is 0.0569. The molecule has 0 aromatic rings. The maximum Gasteiger partial charge on any atom is 0.271 e. The Morgan fingerprint density at radius 2 is 2.00 bits per heavy atom. The summed E-state index contributed by atoms with van der Waals surface area (Å²) in [5, 5.41) is 3.42. The molecule has 0 radical (unpaired) electrons. The summed E-state index contributed by atoms with van der Waals surface area (Å²) in [5.41, 5.74) is 0.817. The highest BCUT2D eigenvalue weighted by Crippen LogP contribution is 2.38. The normalized spacial score (nSPS) is 35.2. The molecule has 2 unspecified atom stereocenters. The number of rotatable bonds is 5. The van der Waals surface area contributed by atoms with E-state index in [1.165, 1.54) is 39.0 Å². The summed E-state index contributed by atoms with van der Waals surface area (Å²) in [5.74, 6) is 0. The van der Waals surface area contributed by atoms with Crippen LogP contribution in [0.15, 0.2) is 0 Å². The minimum atomic E-state index is -1.61. The monoisotopic (exact) mass is 271 g/mol. The molecule has 0 bridgehead atoms. The molecule has 5 heteroatoms. The molecule has 1 N–H and O–H groups in total. The standard InChI is InChI=1S/C13H29N3OSi/c1-4-17-18(3)13(5-9-15(18)2)6-10-16-11-7-14-8-12-16/h13-14H,4-12H2,1-3H3. The topological polar surface area (TPSA) is 27.7 Å². The lowest BCUT2D eigenvalue weighted by molar-refractivity contribution is 0.231. The lowest BCUT2D eigenvalue weighted by Crippen LogP contribution is -2.50. The van der Waals surface area contributed by atoms with Crippen LogP contribution in [-0.2, 0) is 4.43 Å². The second-order valence-electron chi connectivity index (χ2n) is 5.78. The van der Waals surface area contributed by atoms with Crippen molar-refractivity contribution < 1.29 is 4.43 Å². The summed E-state index contributed by atoms with van der Waals surface area (Å²) in [6.07, 6.45) is 2.67. The molecular weight excluding hydrogens is 242 g/mol. The first-order valence-electron chi connectivity index (χ1n) is 7.45. The van der Waals surface area contributed by atoms with Crippen LogP contribution in [0, 0.1) is 0 Å². The summed E-state index contributed by atoms with van der Waals surface area (Å²) in [4.78, 5) is 2.61. The van der Waals surface area contributed by atoms with Gasteiger partial charge in [-0.1, -0.05) is 0 Å². The number of hydrogen-bond donors (Lipinski definition) is 1. The number of hydrogen-bond acceptors (Lipinski definition) is 4. The quantitative estimate of drug-likeness (QED) is 0.758. The van der Waals surface area contributed by atoms with Gasteiger partial charge in [0.15, 0.2) is 0 Å². The van der Waals surface area contributed by atoms with Crippen molar-refractivity contribution in [1.82, 2.24) is 14.8 Å². The van der Waals surface area contributed by atoms with E-state index in [4.69, 9.17) is 4.43 Å². The van der Waals surface area contributed by atoms with Gasteiger partial charge in [0.25, 0.3) is 8.48 Å². The molecule has 0 aromatic carbocycles. The van der Waals surface area contributed by atoms with E-state index in [1.807, 2.05) is 0 Å². The van der Waals surface area contributed by atoms with E-state index in [2.05, 4.69) is 35.3 Å². The predicted molar refractivity (Wildman–Crippen MR) is 78.2 cm³/mol. The molecule has 18 heavy (non-hydrogen) atoms. The predicted octanol–water partition coefficient (Wildman–Crippen LogP) is 1.10. The summed E-state index contributed by atoms with van der Waals surface area (Å²) in [6.45, 7) is 12.7. The smallest absolute Gasteiger partial charge is 0.271 e. The summed E-state index contributed by atoms with van der Waals surface area (Å²) < 4.78 is 8.72. The third-order valence-corrected chi connectivity index (χ3v) is 9.47. The number of nitrogens with one attached hydrogen (secondary N) is 1. The zero-order valence-electron chi connectivity index (χ0n) is 12.2. The first kappa shape index (κ1) is 14.5. The average Bonchev–Trinajstić information content (AvgIpc) is 2.65. The van der Waals surface area contributed by atoms with Crippen molar-refractivity contribution >= 4 is 8.48 Å². The SMILES string of the molecule is CCO[Si]1(C)C(CCN2CCNCC2)CCN1C. The van der Waals surface area contributed by atoms with Crippen LogP contribution in [0.25, 0.3) is 0 Å². The van der Waals surface area contributed by atoms with Crippen molar-refractivity contribution in [2.45, 2.75) is 31.9 Å². The maximum atomic E-state index is 6.19. The van der Waals surface area contributed by atoms with E-state index in [9.17, 15) is 0 Å². The van der Waals surface area contributed by atoms with Crippen molar-refractivity contribution in [3.8, 4) is 0 Å². The van der Waals surface area contributed by atoms with E-state index in [1.54, 1.807) is 0 Å². The molecule has 2 saturated heterocycles. The molecule has 2 fully saturated rings. The van der Waals surface area contributed by atoms with Gasteiger partial charge in [0.1, 0.15) is 0 Å². The Morgan fingerprint density at radius 1 is 1.28 bits per heavy atom. The molecule has 2 atom stereocenters. The molecule has 2 heterocycles. The molecule has 0 aromatic heterocycles. The summed E-state index contributed by atoms with van der Waals surface area (Å²) in [6, 6.07) is 0. The van der Waals surface area contributed by atoms with Gasteiger partial charge in [-0.05, 0) is 52.0 Å². The molecular formula is C13H29N3OSi. The Morgan fingerprint density at radius 3 is 2.67 bits per heavy atom. The minimum Gasteiger partial charge on any atom is -0.403 e. The van der Waals surface area contributed by atoms with E-state index in [0.717, 1.165) is 25.2 Å². The molecule has 0 aliphatic carbocycles. The Labute approximate surface area is 113 Å². The molecule has 2 aliphatic rings. The van der Waals surface area contributed by atoms with Crippen LogP contribution in [0.1, 0.15) is 19.8 Å². The first-order valence-corrected chi connectivity index (χ1v) is 9.88. The third-order valence-electron chi connectivity index (χ3n) is 4.77. The van der Waals surface area contributed by atoms with Crippen LogP contribution in [-0.4, -0.2) is 70.9 Å². The number of nitrogens with zero attached hydrogens (tertiary/aromatic N) is 2. The Kier molecular flexibility index (Phi) is 5.21. The van der Waals surface area contributed by atoms with Crippen molar-refractivity contribution in [1.29, 1.82) is 0 Å². The van der Waals surface area contributed by atoms with Crippen molar-refractivity contribution in [3.63, 3.8) is 0 Å². The summed E-state index contributed by atoms with van der Waals surface area (Å²) in [7, 11) is 0.644. The van der Waals surface area contributed by atoms with E-state index in [0.29, 0.717) is 0 Å². The zero-order valence-corrected chi connectivity index (χ0v) is 13.2. The highest BCUT2D eigenvalue weighted by atomic mass is 28.4. The van der Waals surface area contributed by atoms with Gasteiger partial charge in [0, 0.05) is 32.8 Å². The fourth-order valence-corrected chi connectivity index (χ4v) is 6.92. The van der Waals surface area contributed by atoms with Gasteiger partial charge in [0.05, 0.1) is 0 Å². The van der Waals surface area contributed by atoms with E-state index >= 15 is 0 Å². The van der Waals surface area contributed by atoms with Crippen LogP contribution in [0.4, 0.5) is 0 Å². The maximum absolute atomic E-state index is 6.19. The number of piperazine rings is 1. The van der Waals surface area contributed by atoms with Crippen molar-refractivity contribution in [2.24, 2.45) is 0 Å². The van der Waals surface area contributed by atoms with Crippen LogP contribution < -0.4 is 5.32 Å². The van der Waals surface area contributed by atoms with Gasteiger partial charge < -0.3 is 19.2 Å². The molecule has 4 nitrogen and oxygen atoms in total. The molecule has 2 aliphatic heterocycles. The van der Waals surface area contributed by atoms with Crippen LogP contribution >= 0.6 is 0 Å². The van der Waals surface area contributed by atoms with E-state index in [-0.39, 0.29) is 0 Å². The molecule has 0 spiro atoms. The fourth-order valence-electron chi connectivity index (χ4n) is 3.36. The largest absolute Gasteiger partial charge is 0.403 e. The molecule has 0 saturated carbocycles. The van der Waals surface area contributed by atoms with Gasteiger partial charge in [-0.15, -0.1) is 0 Å². The Bertz CT molecular complexity index is 261. The van der Waals surface area contributed by atoms with Gasteiger partial charge >= 0.3 is 0 Å². The third kappa shape index (κ3) is 3.14.